The summed E-state index contributed by atoms with van der Waals surface area (Å²) in [4.78, 5) is 24.3. The summed E-state index contributed by atoms with van der Waals surface area (Å²) in [6, 6.07) is 0. The lowest BCUT2D eigenvalue weighted by Gasteiger charge is -2.47. The van der Waals surface area contributed by atoms with Crippen LogP contribution in [-0.4, -0.2) is 44.7 Å². The van der Waals surface area contributed by atoms with Crippen LogP contribution in [0.1, 0.15) is 20.8 Å². The van der Waals surface area contributed by atoms with Crippen LogP contribution in [0.15, 0.2) is 11.3 Å². The van der Waals surface area contributed by atoms with Crippen molar-refractivity contribution in [2.24, 2.45) is 5.92 Å². The molecule has 3 atom stereocenters. The highest BCUT2D eigenvalue weighted by Gasteiger charge is 2.52. The predicted octanol–water partition coefficient (Wildman–Crippen LogP) is 0.893. The third-order valence-electron chi connectivity index (χ3n) is 2.76. The fraction of sp³-hybridized carbons (Fsp3) is 0.636. The number of hydrogen-bond donors (Lipinski definition) is 2. The second kappa shape index (κ2) is 5.10. The molecule has 17 heavy (non-hydrogen) atoms. The zero-order chi connectivity index (χ0) is 13.3. The SMILES string of the molecule is CS[C@@H]1[C@@H](C(C)O)C(=O)N1C(C(=O)O)=C(C)C. The third kappa shape index (κ3) is 2.32. The molecule has 1 fully saturated rings. The number of β-lactam (4-membered cyclic amide) rings is 1. The molecule has 0 aromatic rings. The Bertz CT molecular complexity index is 374. The van der Waals surface area contributed by atoms with Gasteiger partial charge in [-0.15, -0.1) is 11.8 Å². The van der Waals surface area contributed by atoms with Crippen molar-refractivity contribution in [2.45, 2.75) is 32.2 Å². The Balaban J connectivity index is 3.05. The van der Waals surface area contributed by atoms with Gasteiger partial charge in [0.25, 0.3) is 0 Å². The Kier molecular flexibility index (Phi) is 4.21. The van der Waals surface area contributed by atoms with Crippen LogP contribution >= 0.6 is 11.8 Å². The van der Waals surface area contributed by atoms with E-state index in [9.17, 15) is 14.7 Å². The van der Waals surface area contributed by atoms with Crippen LogP contribution in [-0.2, 0) is 9.59 Å². The van der Waals surface area contributed by atoms with Crippen molar-refractivity contribution in [2.75, 3.05) is 6.26 Å². The normalized spacial score (nSPS) is 25.2. The number of amides is 1. The van der Waals surface area contributed by atoms with Crippen molar-refractivity contribution in [3.05, 3.63) is 11.3 Å². The fourth-order valence-electron chi connectivity index (χ4n) is 1.98. The molecule has 1 aliphatic heterocycles. The highest BCUT2D eigenvalue weighted by atomic mass is 32.2. The second-order valence-corrected chi connectivity index (χ2v) is 5.21. The number of carboxylic acids is 1. The van der Waals surface area contributed by atoms with E-state index >= 15 is 0 Å². The van der Waals surface area contributed by atoms with Crippen LogP contribution in [0.2, 0.25) is 0 Å². The lowest BCUT2D eigenvalue weighted by atomic mass is 9.91. The highest BCUT2D eigenvalue weighted by molar-refractivity contribution is 7.99. The molecule has 5 nitrogen and oxygen atoms in total. The molecule has 0 aromatic carbocycles. The molecule has 1 amide bonds. The first-order valence-corrected chi connectivity index (χ1v) is 6.56. The van der Waals surface area contributed by atoms with Gasteiger partial charge in [0.1, 0.15) is 5.70 Å². The number of allylic oxidation sites excluding steroid dienone is 1. The number of aliphatic hydroxyl groups is 1. The molecule has 1 aliphatic rings. The summed E-state index contributed by atoms with van der Waals surface area (Å²) in [5.41, 5.74) is 0.597. The monoisotopic (exact) mass is 259 g/mol. The van der Waals surface area contributed by atoms with Gasteiger partial charge in [-0.2, -0.15) is 0 Å². The van der Waals surface area contributed by atoms with E-state index in [-0.39, 0.29) is 17.0 Å². The predicted molar refractivity (Wildman–Crippen MR) is 65.3 cm³/mol. The van der Waals surface area contributed by atoms with Crippen LogP contribution < -0.4 is 0 Å². The van der Waals surface area contributed by atoms with E-state index in [0.717, 1.165) is 0 Å². The Morgan fingerprint density at radius 1 is 1.47 bits per heavy atom. The standard InChI is InChI=1S/C11H17NO4S/c1-5(2)8(11(15)16)12-9(14)7(6(3)13)10(12)17-4/h6-7,10,13H,1-4H3,(H,15,16)/t6?,7-,10+/m0/s1. The molecule has 1 rings (SSSR count). The van der Waals surface area contributed by atoms with Crippen molar-refractivity contribution in [3.63, 3.8) is 0 Å². The van der Waals surface area contributed by atoms with Gasteiger partial charge < -0.3 is 10.2 Å². The van der Waals surface area contributed by atoms with E-state index in [1.165, 1.54) is 16.7 Å². The molecule has 0 bridgehead atoms. The Morgan fingerprint density at radius 3 is 2.29 bits per heavy atom. The maximum Gasteiger partial charge on any atom is 0.352 e. The number of carbonyl (C=O) groups excluding carboxylic acids is 1. The molecule has 6 heteroatoms. The number of carbonyl (C=O) groups is 2. The zero-order valence-electron chi connectivity index (χ0n) is 10.3. The number of rotatable bonds is 4. The first kappa shape index (κ1) is 14.1. The minimum Gasteiger partial charge on any atom is -0.477 e. The molecule has 0 aliphatic carbocycles. The van der Waals surface area contributed by atoms with Crippen LogP contribution in [0.4, 0.5) is 0 Å². The van der Waals surface area contributed by atoms with Gasteiger partial charge in [0, 0.05) is 0 Å². The van der Waals surface area contributed by atoms with E-state index in [1.54, 1.807) is 27.0 Å². The molecule has 0 spiro atoms. The van der Waals surface area contributed by atoms with Gasteiger partial charge in [-0.3, -0.25) is 9.69 Å². The van der Waals surface area contributed by atoms with Gasteiger partial charge in [-0.25, -0.2) is 4.79 Å². The van der Waals surface area contributed by atoms with Crippen molar-refractivity contribution in [1.82, 2.24) is 4.90 Å². The maximum atomic E-state index is 11.9. The lowest BCUT2D eigenvalue weighted by molar-refractivity contribution is -0.157. The summed E-state index contributed by atoms with van der Waals surface area (Å²) in [6.45, 7) is 4.86. The van der Waals surface area contributed by atoms with Gasteiger partial charge in [0.2, 0.25) is 5.91 Å². The van der Waals surface area contributed by atoms with Crippen LogP contribution in [0.25, 0.3) is 0 Å². The molecular formula is C11H17NO4S. The maximum absolute atomic E-state index is 11.9. The van der Waals surface area contributed by atoms with Gasteiger partial charge >= 0.3 is 5.97 Å². The molecule has 2 N–H and O–H groups in total. The number of carboxylic acid groups (broad SMARTS) is 1. The largest absolute Gasteiger partial charge is 0.477 e. The first-order chi connectivity index (χ1) is 7.82. The Hall–Kier alpha value is -1.01. The van der Waals surface area contributed by atoms with E-state index < -0.39 is 18.0 Å². The summed E-state index contributed by atoms with van der Waals surface area (Å²) in [6.07, 6.45) is 1.03. The van der Waals surface area contributed by atoms with Gasteiger partial charge in [0.15, 0.2) is 0 Å². The van der Waals surface area contributed by atoms with Crippen LogP contribution in [0, 0.1) is 5.92 Å². The zero-order valence-corrected chi connectivity index (χ0v) is 11.1. The molecular weight excluding hydrogens is 242 g/mol. The fourth-order valence-corrected chi connectivity index (χ4v) is 3.04. The van der Waals surface area contributed by atoms with Crippen molar-refractivity contribution >= 4 is 23.6 Å². The quantitative estimate of drug-likeness (QED) is 0.579. The molecule has 1 saturated heterocycles. The van der Waals surface area contributed by atoms with Crippen LogP contribution in [0.3, 0.4) is 0 Å². The number of hydrogen-bond acceptors (Lipinski definition) is 4. The first-order valence-electron chi connectivity index (χ1n) is 5.27. The van der Waals surface area contributed by atoms with E-state index in [4.69, 9.17) is 5.11 Å². The van der Waals surface area contributed by atoms with Crippen molar-refractivity contribution in [1.29, 1.82) is 0 Å². The van der Waals surface area contributed by atoms with E-state index in [0.29, 0.717) is 5.57 Å². The van der Waals surface area contributed by atoms with Gasteiger partial charge in [-0.05, 0) is 32.6 Å². The summed E-state index contributed by atoms with van der Waals surface area (Å²) < 4.78 is 0. The van der Waals surface area contributed by atoms with Crippen molar-refractivity contribution in [3.8, 4) is 0 Å². The summed E-state index contributed by atoms with van der Waals surface area (Å²) in [5.74, 6) is -1.95. The molecule has 0 saturated carbocycles. The average molecular weight is 259 g/mol. The van der Waals surface area contributed by atoms with Gasteiger partial charge in [0.05, 0.1) is 17.4 Å². The number of thioether (sulfide) groups is 1. The van der Waals surface area contributed by atoms with E-state index in [1.807, 2.05) is 0 Å². The number of aliphatic carboxylic acids is 1. The highest BCUT2D eigenvalue weighted by Crippen LogP contribution is 2.39. The average Bonchev–Trinajstić information content (AvgIpc) is 2.19. The Labute approximate surface area is 104 Å². The third-order valence-corrected chi connectivity index (χ3v) is 3.75. The smallest absolute Gasteiger partial charge is 0.352 e. The lowest BCUT2D eigenvalue weighted by Crippen LogP contribution is -2.62. The topological polar surface area (TPSA) is 77.8 Å². The molecule has 0 radical (unpaired) electrons. The van der Waals surface area contributed by atoms with Crippen molar-refractivity contribution < 1.29 is 19.8 Å². The molecule has 1 unspecified atom stereocenters. The molecule has 96 valence electrons. The minimum absolute atomic E-state index is 0.0197. The summed E-state index contributed by atoms with van der Waals surface area (Å²) in [7, 11) is 0. The minimum atomic E-state index is -1.11. The second-order valence-electron chi connectivity index (χ2n) is 4.25. The molecule has 0 aromatic heterocycles. The summed E-state index contributed by atoms with van der Waals surface area (Å²) in [5, 5.41) is 18.3. The van der Waals surface area contributed by atoms with Crippen LogP contribution in [0.5, 0.6) is 0 Å². The number of aliphatic hydroxyl groups excluding tert-OH is 1. The van der Waals surface area contributed by atoms with E-state index in [2.05, 4.69) is 0 Å². The van der Waals surface area contributed by atoms with Gasteiger partial charge in [-0.1, -0.05) is 0 Å². The Morgan fingerprint density at radius 2 is 2.00 bits per heavy atom. The molecule has 1 heterocycles. The summed E-state index contributed by atoms with van der Waals surface area (Å²) >= 11 is 1.37. The number of nitrogens with zero attached hydrogens (tertiary/aromatic N) is 1. The number of likely N-dealkylation sites (tertiary alicyclic amines) is 1.